The summed E-state index contributed by atoms with van der Waals surface area (Å²) < 4.78 is 5.73. The van der Waals surface area contributed by atoms with E-state index in [0.29, 0.717) is 11.7 Å². The van der Waals surface area contributed by atoms with E-state index in [1.807, 2.05) is 50.2 Å². The molecule has 1 heterocycles. The van der Waals surface area contributed by atoms with Crippen molar-refractivity contribution in [3.63, 3.8) is 0 Å². The summed E-state index contributed by atoms with van der Waals surface area (Å²) in [6.07, 6.45) is 1.75. The summed E-state index contributed by atoms with van der Waals surface area (Å²) >= 11 is 5.29. The number of nitrogens with one attached hydrogen (secondary N) is 2. The van der Waals surface area contributed by atoms with Crippen LogP contribution in [0.5, 0.6) is 5.75 Å². The van der Waals surface area contributed by atoms with E-state index in [-0.39, 0.29) is 6.04 Å². The molecular formula is C17H21N3OS. The standard InChI is InChI=1S/C17H21N3OS/c1-12-4-6-15(7-5-12)21-11-14(3)19-17(22)20-16-10-13(2)8-9-18-16/h4-10,14H,11H2,1-3H3,(H2,18,19,20,22). The van der Waals surface area contributed by atoms with E-state index in [1.165, 1.54) is 5.56 Å². The minimum absolute atomic E-state index is 0.0890. The second-order valence-electron chi connectivity index (χ2n) is 5.34. The Hall–Kier alpha value is -2.14. The highest BCUT2D eigenvalue weighted by molar-refractivity contribution is 7.80. The van der Waals surface area contributed by atoms with Gasteiger partial charge in [-0.05, 0) is 62.8 Å². The van der Waals surface area contributed by atoms with E-state index < -0.39 is 0 Å². The van der Waals surface area contributed by atoms with Crippen LogP contribution in [0.3, 0.4) is 0 Å². The molecule has 0 amide bonds. The predicted octanol–water partition coefficient (Wildman–Crippen LogP) is 3.45. The fourth-order valence-corrected chi connectivity index (χ4v) is 2.18. The van der Waals surface area contributed by atoms with Gasteiger partial charge >= 0.3 is 0 Å². The number of aromatic nitrogens is 1. The molecule has 5 heteroatoms. The summed E-state index contributed by atoms with van der Waals surface area (Å²) in [4.78, 5) is 4.22. The summed E-state index contributed by atoms with van der Waals surface area (Å²) in [5.74, 6) is 1.60. The van der Waals surface area contributed by atoms with Crippen molar-refractivity contribution < 1.29 is 4.74 Å². The third kappa shape index (κ3) is 5.33. The number of rotatable bonds is 5. The average Bonchev–Trinajstić information content (AvgIpc) is 2.46. The Bertz CT molecular complexity index is 628. The summed E-state index contributed by atoms with van der Waals surface area (Å²) in [7, 11) is 0. The van der Waals surface area contributed by atoms with Crippen LogP contribution >= 0.6 is 12.2 Å². The Balaban J connectivity index is 1.77. The van der Waals surface area contributed by atoms with E-state index in [4.69, 9.17) is 17.0 Å². The molecule has 0 aliphatic carbocycles. The van der Waals surface area contributed by atoms with Crippen molar-refractivity contribution in [2.45, 2.75) is 26.8 Å². The van der Waals surface area contributed by atoms with Crippen LogP contribution in [0.2, 0.25) is 0 Å². The number of anilines is 1. The Morgan fingerprint density at radius 2 is 1.91 bits per heavy atom. The smallest absolute Gasteiger partial charge is 0.172 e. The minimum Gasteiger partial charge on any atom is -0.491 e. The van der Waals surface area contributed by atoms with Crippen molar-refractivity contribution >= 4 is 23.1 Å². The van der Waals surface area contributed by atoms with Crippen LogP contribution in [0.25, 0.3) is 0 Å². The predicted molar refractivity (Wildman–Crippen MR) is 94.5 cm³/mol. The quantitative estimate of drug-likeness (QED) is 0.828. The van der Waals surface area contributed by atoms with E-state index >= 15 is 0 Å². The molecule has 0 fully saturated rings. The number of nitrogens with zero attached hydrogens (tertiary/aromatic N) is 1. The number of pyridine rings is 1. The van der Waals surface area contributed by atoms with Gasteiger partial charge < -0.3 is 15.4 Å². The van der Waals surface area contributed by atoms with Crippen molar-refractivity contribution in [3.05, 3.63) is 53.7 Å². The maximum atomic E-state index is 5.73. The number of hydrogen-bond acceptors (Lipinski definition) is 3. The van der Waals surface area contributed by atoms with Gasteiger partial charge in [-0.1, -0.05) is 17.7 Å². The Morgan fingerprint density at radius 1 is 1.18 bits per heavy atom. The van der Waals surface area contributed by atoms with Gasteiger partial charge in [0.05, 0.1) is 6.04 Å². The molecule has 2 aromatic rings. The lowest BCUT2D eigenvalue weighted by Crippen LogP contribution is -2.39. The van der Waals surface area contributed by atoms with Gasteiger partial charge in [-0.3, -0.25) is 0 Å². The van der Waals surface area contributed by atoms with Crippen LogP contribution in [0, 0.1) is 13.8 Å². The maximum Gasteiger partial charge on any atom is 0.172 e. The zero-order valence-corrected chi connectivity index (χ0v) is 13.9. The van der Waals surface area contributed by atoms with Crippen molar-refractivity contribution in [1.82, 2.24) is 10.3 Å². The fraction of sp³-hybridized carbons (Fsp3) is 0.294. The second-order valence-corrected chi connectivity index (χ2v) is 5.75. The fourth-order valence-electron chi connectivity index (χ4n) is 1.88. The first-order valence-corrected chi connectivity index (χ1v) is 7.63. The Morgan fingerprint density at radius 3 is 2.59 bits per heavy atom. The largest absolute Gasteiger partial charge is 0.491 e. The van der Waals surface area contributed by atoms with E-state index in [9.17, 15) is 0 Å². The van der Waals surface area contributed by atoms with Crippen LogP contribution in [-0.4, -0.2) is 22.7 Å². The lowest BCUT2D eigenvalue weighted by Gasteiger charge is -2.17. The summed E-state index contributed by atoms with van der Waals surface area (Å²) in [6.45, 7) is 6.62. The molecule has 1 aromatic carbocycles. The Kier molecular flexibility index (Phi) is 5.72. The summed E-state index contributed by atoms with van der Waals surface area (Å²) in [6, 6.07) is 12.0. The molecule has 0 bridgehead atoms. The van der Waals surface area contributed by atoms with Gasteiger partial charge in [0.15, 0.2) is 5.11 Å². The highest BCUT2D eigenvalue weighted by Gasteiger charge is 2.06. The van der Waals surface area contributed by atoms with E-state index in [1.54, 1.807) is 6.20 Å². The van der Waals surface area contributed by atoms with Gasteiger partial charge in [0, 0.05) is 6.20 Å². The first-order chi connectivity index (χ1) is 10.5. The van der Waals surface area contributed by atoms with Crippen LogP contribution < -0.4 is 15.4 Å². The number of hydrogen-bond donors (Lipinski definition) is 2. The topological polar surface area (TPSA) is 46.2 Å². The molecule has 22 heavy (non-hydrogen) atoms. The normalized spacial score (nSPS) is 11.6. The van der Waals surface area contributed by atoms with Crippen LogP contribution in [0.15, 0.2) is 42.6 Å². The molecule has 0 aliphatic heterocycles. The van der Waals surface area contributed by atoms with Crippen molar-refractivity contribution in [3.8, 4) is 5.75 Å². The molecule has 1 aromatic heterocycles. The zero-order chi connectivity index (χ0) is 15.9. The lowest BCUT2D eigenvalue weighted by atomic mass is 10.2. The molecule has 2 N–H and O–H groups in total. The molecule has 2 rings (SSSR count). The first kappa shape index (κ1) is 16.2. The van der Waals surface area contributed by atoms with Crippen molar-refractivity contribution in [2.24, 2.45) is 0 Å². The van der Waals surface area contributed by atoms with Crippen molar-refractivity contribution in [1.29, 1.82) is 0 Å². The molecule has 0 radical (unpaired) electrons. The maximum absolute atomic E-state index is 5.73. The van der Waals surface area contributed by atoms with Crippen molar-refractivity contribution in [2.75, 3.05) is 11.9 Å². The summed E-state index contributed by atoms with van der Waals surface area (Å²) in [5, 5.41) is 6.80. The lowest BCUT2D eigenvalue weighted by molar-refractivity contribution is 0.287. The monoisotopic (exact) mass is 315 g/mol. The molecule has 116 valence electrons. The van der Waals surface area contributed by atoms with E-state index in [0.717, 1.165) is 17.1 Å². The highest BCUT2D eigenvalue weighted by atomic mass is 32.1. The van der Waals surface area contributed by atoms with Gasteiger partial charge in [0.2, 0.25) is 0 Å². The molecule has 0 saturated carbocycles. The summed E-state index contributed by atoms with van der Waals surface area (Å²) in [5.41, 5.74) is 2.35. The zero-order valence-electron chi connectivity index (χ0n) is 13.1. The molecular weight excluding hydrogens is 294 g/mol. The number of aryl methyl sites for hydroxylation is 2. The van der Waals surface area contributed by atoms with Crippen LogP contribution in [-0.2, 0) is 0 Å². The molecule has 0 aliphatic rings. The SMILES string of the molecule is Cc1ccc(OCC(C)NC(=S)Nc2cc(C)ccn2)cc1. The average molecular weight is 315 g/mol. The molecule has 4 nitrogen and oxygen atoms in total. The number of thiocarbonyl (C=S) groups is 1. The van der Waals surface area contributed by atoms with Gasteiger partial charge in [-0.2, -0.15) is 0 Å². The molecule has 1 unspecified atom stereocenters. The molecule has 0 spiro atoms. The van der Waals surface area contributed by atoms with E-state index in [2.05, 4.69) is 22.5 Å². The third-order valence-electron chi connectivity index (χ3n) is 3.06. The van der Waals surface area contributed by atoms with Gasteiger partial charge in [-0.15, -0.1) is 0 Å². The molecule has 0 saturated heterocycles. The highest BCUT2D eigenvalue weighted by Crippen LogP contribution is 2.11. The second kappa shape index (κ2) is 7.75. The first-order valence-electron chi connectivity index (χ1n) is 7.22. The van der Waals surface area contributed by atoms with Gasteiger partial charge in [0.25, 0.3) is 0 Å². The van der Waals surface area contributed by atoms with Crippen LogP contribution in [0.4, 0.5) is 5.82 Å². The minimum atomic E-state index is 0.0890. The van der Waals surface area contributed by atoms with Crippen LogP contribution in [0.1, 0.15) is 18.1 Å². The Labute approximate surface area is 136 Å². The molecule has 1 atom stereocenters. The van der Waals surface area contributed by atoms with Gasteiger partial charge in [0.1, 0.15) is 18.2 Å². The third-order valence-corrected chi connectivity index (χ3v) is 3.28. The van der Waals surface area contributed by atoms with Gasteiger partial charge in [-0.25, -0.2) is 4.98 Å². The number of benzene rings is 1. The number of ether oxygens (including phenoxy) is 1.